The largest absolute Gasteiger partial charge is 0.309 e. The van der Waals surface area contributed by atoms with E-state index in [0.29, 0.717) is 0 Å². The molecule has 2 heterocycles. The number of rotatable bonds is 7. The lowest BCUT2D eigenvalue weighted by molar-refractivity contribution is 1.17. The smallest absolute Gasteiger partial charge is 0.0547 e. The van der Waals surface area contributed by atoms with Crippen LogP contribution in [0.1, 0.15) is 16.7 Å². The number of hydrogen-bond acceptors (Lipinski definition) is 0. The number of aryl methyl sites for hydroxylation is 3. The van der Waals surface area contributed by atoms with Crippen LogP contribution >= 0.6 is 0 Å². The molecule has 0 aliphatic rings. The van der Waals surface area contributed by atoms with Crippen LogP contribution in [0.4, 0.5) is 0 Å². The third kappa shape index (κ3) is 8.20. The van der Waals surface area contributed by atoms with Gasteiger partial charge >= 0.3 is 0 Å². The second-order valence-electron chi connectivity index (χ2n) is 18.7. The average Bonchev–Trinajstić information content (AvgIpc) is 3.94. The Morgan fingerprint density at radius 2 is 0.690 bits per heavy atom. The van der Waals surface area contributed by atoms with Crippen molar-refractivity contribution in [1.82, 2.24) is 9.13 Å². The number of fused-ring (bicyclic) bond motifs is 6. The van der Waals surface area contributed by atoms with E-state index >= 15 is 0 Å². The molecule has 0 atom stereocenters. The first-order valence-corrected chi connectivity index (χ1v) is 24.6. The van der Waals surface area contributed by atoms with E-state index in [1.165, 1.54) is 116 Å². The summed E-state index contributed by atoms with van der Waals surface area (Å²) in [5.74, 6) is 0. The summed E-state index contributed by atoms with van der Waals surface area (Å²) in [5, 5.41) is 5.01. The lowest BCUT2D eigenvalue weighted by atomic mass is 9.93. The van der Waals surface area contributed by atoms with Gasteiger partial charge in [0, 0.05) is 32.9 Å². The van der Waals surface area contributed by atoms with Crippen molar-refractivity contribution in [1.29, 1.82) is 0 Å². The summed E-state index contributed by atoms with van der Waals surface area (Å²) in [5.41, 5.74) is 23.4. The quantitative estimate of drug-likeness (QED) is 0.151. The van der Waals surface area contributed by atoms with Gasteiger partial charge in [-0.1, -0.05) is 206 Å². The minimum atomic E-state index is 1.15. The number of benzene rings is 11. The zero-order valence-electron chi connectivity index (χ0n) is 40.2. The summed E-state index contributed by atoms with van der Waals surface area (Å²) in [6.07, 6.45) is 0. The van der Waals surface area contributed by atoms with Gasteiger partial charge in [0.15, 0.2) is 0 Å². The minimum Gasteiger partial charge on any atom is -0.309 e. The molecule has 0 fully saturated rings. The summed E-state index contributed by atoms with van der Waals surface area (Å²) < 4.78 is 4.89. The monoisotopic (exact) mass is 908 g/mol. The highest BCUT2D eigenvalue weighted by molar-refractivity contribution is 6.13. The van der Waals surface area contributed by atoms with Gasteiger partial charge in [0.25, 0.3) is 0 Å². The van der Waals surface area contributed by atoms with Gasteiger partial charge in [-0.25, -0.2) is 0 Å². The molecule has 0 bridgehead atoms. The molecule has 71 heavy (non-hydrogen) atoms. The molecule has 2 aromatic heterocycles. The van der Waals surface area contributed by atoms with Crippen molar-refractivity contribution in [3.05, 3.63) is 278 Å². The number of hydrogen-bond donors (Lipinski definition) is 0. The third-order valence-electron chi connectivity index (χ3n) is 14.1. The average molecular weight is 909 g/mol. The van der Waals surface area contributed by atoms with Gasteiger partial charge in [-0.2, -0.15) is 0 Å². The zero-order chi connectivity index (χ0) is 47.8. The number of aromatic nitrogens is 2. The molecule has 0 aliphatic carbocycles. The van der Waals surface area contributed by atoms with Crippen LogP contribution in [0, 0.1) is 20.8 Å². The zero-order valence-corrected chi connectivity index (χ0v) is 40.2. The summed E-state index contributed by atoms with van der Waals surface area (Å²) in [6.45, 7) is 6.54. The van der Waals surface area contributed by atoms with E-state index in [4.69, 9.17) is 0 Å². The lowest BCUT2D eigenvalue weighted by Gasteiger charge is -2.14. The molecular formula is C69H52N2. The molecule has 0 saturated heterocycles. The Hall–Kier alpha value is -8.98. The van der Waals surface area contributed by atoms with Gasteiger partial charge in [0.2, 0.25) is 0 Å². The molecule has 11 aromatic carbocycles. The SMILES string of the molecule is Cc1ccc2c(c1)c1cc(-n3c4ccccc4c4ccc(-c5ccccc5)cc43)ccc1n2-c1cc(-c2ccccc2)cc(-c2ccccc2)c1.Cc1ccccc1-c1ccc(-c2ccccc2)cc1C. The van der Waals surface area contributed by atoms with Crippen LogP contribution in [0.5, 0.6) is 0 Å². The molecule has 2 heteroatoms. The first-order valence-electron chi connectivity index (χ1n) is 24.6. The normalized spacial score (nSPS) is 11.3. The minimum absolute atomic E-state index is 1.15. The molecule has 13 rings (SSSR count). The maximum absolute atomic E-state index is 2.45. The first kappa shape index (κ1) is 43.3. The van der Waals surface area contributed by atoms with E-state index in [9.17, 15) is 0 Å². The Kier molecular flexibility index (Phi) is 11.3. The Morgan fingerprint density at radius 3 is 1.31 bits per heavy atom. The highest BCUT2D eigenvalue weighted by Crippen LogP contribution is 2.40. The van der Waals surface area contributed by atoms with Crippen LogP contribution in [0.2, 0.25) is 0 Å². The van der Waals surface area contributed by atoms with Crippen molar-refractivity contribution in [2.24, 2.45) is 0 Å². The van der Waals surface area contributed by atoms with E-state index in [1.54, 1.807) is 0 Å². The van der Waals surface area contributed by atoms with Crippen molar-refractivity contribution < 1.29 is 0 Å². The van der Waals surface area contributed by atoms with Crippen LogP contribution < -0.4 is 0 Å². The third-order valence-corrected chi connectivity index (χ3v) is 14.1. The van der Waals surface area contributed by atoms with E-state index in [1.807, 2.05) is 0 Å². The van der Waals surface area contributed by atoms with E-state index in [-0.39, 0.29) is 0 Å². The van der Waals surface area contributed by atoms with Gasteiger partial charge < -0.3 is 9.13 Å². The second-order valence-corrected chi connectivity index (χ2v) is 18.7. The van der Waals surface area contributed by atoms with Crippen molar-refractivity contribution in [2.45, 2.75) is 20.8 Å². The fourth-order valence-electron chi connectivity index (χ4n) is 10.6. The molecule has 0 N–H and O–H groups in total. The van der Waals surface area contributed by atoms with Crippen molar-refractivity contribution in [2.75, 3.05) is 0 Å². The van der Waals surface area contributed by atoms with Crippen LogP contribution in [0.3, 0.4) is 0 Å². The Labute approximate surface area is 416 Å². The molecule has 0 unspecified atom stereocenters. The first-order chi connectivity index (χ1) is 34.9. The molecule has 338 valence electrons. The fourth-order valence-corrected chi connectivity index (χ4v) is 10.6. The molecule has 0 saturated carbocycles. The highest BCUT2D eigenvalue weighted by Gasteiger charge is 2.19. The lowest BCUT2D eigenvalue weighted by Crippen LogP contribution is -1.97. The Morgan fingerprint density at radius 1 is 0.225 bits per heavy atom. The predicted molar refractivity (Wildman–Crippen MR) is 303 cm³/mol. The Balaban J connectivity index is 0.000000216. The molecule has 13 aromatic rings. The van der Waals surface area contributed by atoms with Crippen LogP contribution in [-0.4, -0.2) is 9.13 Å². The van der Waals surface area contributed by atoms with Crippen molar-refractivity contribution >= 4 is 43.6 Å². The molecule has 0 radical (unpaired) electrons. The van der Waals surface area contributed by atoms with Crippen molar-refractivity contribution in [3.63, 3.8) is 0 Å². The van der Waals surface area contributed by atoms with Crippen LogP contribution in [0.25, 0.3) is 111 Å². The fraction of sp³-hybridized carbons (Fsp3) is 0.0435. The van der Waals surface area contributed by atoms with Gasteiger partial charge in [0.05, 0.1) is 22.1 Å². The second kappa shape index (κ2) is 18.5. The number of para-hydroxylation sites is 1. The van der Waals surface area contributed by atoms with E-state index in [2.05, 4.69) is 291 Å². The molecular weight excluding hydrogens is 857 g/mol. The summed E-state index contributed by atoms with van der Waals surface area (Å²) in [4.78, 5) is 0. The van der Waals surface area contributed by atoms with Gasteiger partial charge in [-0.05, 0) is 148 Å². The highest BCUT2D eigenvalue weighted by atomic mass is 15.0. The van der Waals surface area contributed by atoms with Crippen molar-refractivity contribution in [3.8, 4) is 67.0 Å². The maximum Gasteiger partial charge on any atom is 0.0547 e. The molecule has 0 amide bonds. The Bertz CT molecular complexity index is 3990. The van der Waals surface area contributed by atoms with Crippen LogP contribution in [-0.2, 0) is 0 Å². The van der Waals surface area contributed by atoms with Crippen LogP contribution in [0.15, 0.2) is 261 Å². The predicted octanol–water partition coefficient (Wildman–Crippen LogP) is 18.8. The van der Waals surface area contributed by atoms with Gasteiger partial charge in [-0.15, -0.1) is 0 Å². The molecule has 0 spiro atoms. The summed E-state index contributed by atoms with van der Waals surface area (Å²) >= 11 is 0. The molecule has 2 nitrogen and oxygen atoms in total. The summed E-state index contributed by atoms with van der Waals surface area (Å²) in [7, 11) is 0. The number of nitrogens with zero attached hydrogens (tertiary/aromatic N) is 2. The topological polar surface area (TPSA) is 9.86 Å². The molecule has 0 aliphatic heterocycles. The standard InChI is InChI=1S/C49H34N2.C20H18/c1-33-21-25-47-44(27-33)45-32-40(50-46-20-12-11-19-42(46)43-24-22-37(31-49(43)50)34-13-5-2-6-14-34)23-26-48(45)51(47)41-29-38(35-15-7-3-8-16-35)28-39(30-41)36-17-9-4-10-18-36;1-15-8-6-7-11-19(15)20-13-12-18(14-16(20)2)17-9-4-3-5-10-17/h2-32H,1H3;3-14H,1-2H3. The van der Waals surface area contributed by atoms with Gasteiger partial charge in [-0.3, -0.25) is 0 Å². The van der Waals surface area contributed by atoms with E-state index < -0.39 is 0 Å². The summed E-state index contributed by atoms with van der Waals surface area (Å²) in [6, 6.07) is 94.4. The van der Waals surface area contributed by atoms with E-state index in [0.717, 1.165) is 11.4 Å². The maximum atomic E-state index is 2.45. The van der Waals surface area contributed by atoms with Gasteiger partial charge in [0.1, 0.15) is 0 Å².